The number of hydrogen-bond donors (Lipinski definition) is 1. The molecule has 3 nitrogen and oxygen atoms in total. The van der Waals surface area contributed by atoms with Crippen molar-refractivity contribution < 1.29 is 14.6 Å². The maximum atomic E-state index is 12.2. The van der Waals surface area contributed by atoms with Gasteiger partial charge in [0.15, 0.2) is 0 Å². The molecule has 0 radical (unpaired) electrons. The number of carbonyl (C=O) groups excluding carboxylic acids is 1. The smallest absolute Gasteiger partial charge is 0.313 e. The fourth-order valence-electron chi connectivity index (χ4n) is 2.45. The number of benzene rings is 1. The first-order chi connectivity index (χ1) is 10.4. The molecule has 3 heteroatoms. The molecule has 1 atom stereocenters. The molecule has 0 saturated carbocycles. The van der Waals surface area contributed by atoms with E-state index in [2.05, 4.69) is 48.1 Å². The first-order valence-electron chi connectivity index (χ1n) is 8.05. The highest BCUT2D eigenvalue weighted by Crippen LogP contribution is 2.41. The van der Waals surface area contributed by atoms with Gasteiger partial charge in [-0.2, -0.15) is 0 Å². The SMILES string of the molecule is C=CCOC(=O)C(C)c1cc(C(C)(C)C)c(O)c(C(C)(C)C)c1. The van der Waals surface area contributed by atoms with Gasteiger partial charge in [0.1, 0.15) is 12.4 Å². The second-order valence-corrected chi connectivity index (χ2v) is 8.11. The minimum atomic E-state index is -0.391. The number of carbonyl (C=O) groups is 1. The van der Waals surface area contributed by atoms with E-state index in [-0.39, 0.29) is 23.4 Å². The summed E-state index contributed by atoms with van der Waals surface area (Å²) in [5.41, 5.74) is 2.13. The van der Waals surface area contributed by atoms with Crippen LogP contribution < -0.4 is 0 Å². The molecule has 1 N–H and O–H groups in total. The molecular formula is C20H30O3. The van der Waals surface area contributed by atoms with Gasteiger partial charge < -0.3 is 9.84 Å². The Labute approximate surface area is 140 Å². The molecule has 0 fully saturated rings. The summed E-state index contributed by atoms with van der Waals surface area (Å²) in [5, 5.41) is 10.7. The van der Waals surface area contributed by atoms with E-state index in [1.165, 1.54) is 0 Å². The Hall–Kier alpha value is -1.77. The molecule has 1 rings (SSSR count). The molecule has 0 amide bonds. The lowest BCUT2D eigenvalue weighted by atomic mass is 9.77. The maximum Gasteiger partial charge on any atom is 0.313 e. The largest absolute Gasteiger partial charge is 0.507 e. The lowest BCUT2D eigenvalue weighted by molar-refractivity contribution is -0.143. The van der Waals surface area contributed by atoms with E-state index in [4.69, 9.17) is 4.74 Å². The zero-order valence-electron chi connectivity index (χ0n) is 15.5. The molecule has 1 aromatic rings. The van der Waals surface area contributed by atoms with E-state index in [9.17, 15) is 9.90 Å². The average Bonchev–Trinajstić information content (AvgIpc) is 2.41. The minimum absolute atomic E-state index is 0.208. The van der Waals surface area contributed by atoms with Crippen molar-refractivity contribution in [2.75, 3.05) is 6.61 Å². The molecule has 0 aliphatic heterocycles. The Morgan fingerprint density at radius 2 is 1.61 bits per heavy atom. The van der Waals surface area contributed by atoms with Crippen LogP contribution in [0, 0.1) is 0 Å². The first-order valence-corrected chi connectivity index (χ1v) is 8.05. The topological polar surface area (TPSA) is 46.5 Å². The molecule has 0 aliphatic carbocycles. The Morgan fingerprint density at radius 3 is 1.96 bits per heavy atom. The van der Waals surface area contributed by atoms with Gasteiger partial charge in [0.2, 0.25) is 0 Å². The normalized spacial score (nSPS) is 13.5. The Kier molecular flexibility index (Phi) is 5.68. The number of aromatic hydroxyl groups is 1. The van der Waals surface area contributed by atoms with Crippen LogP contribution in [0.3, 0.4) is 0 Å². The van der Waals surface area contributed by atoms with Crippen molar-refractivity contribution in [2.24, 2.45) is 0 Å². The molecule has 0 aliphatic rings. The number of ether oxygens (including phenoxy) is 1. The summed E-state index contributed by atoms with van der Waals surface area (Å²) < 4.78 is 5.17. The van der Waals surface area contributed by atoms with Crippen molar-refractivity contribution in [3.05, 3.63) is 41.5 Å². The van der Waals surface area contributed by atoms with E-state index in [1.54, 1.807) is 6.08 Å². The number of phenolic OH excluding ortho intramolecular Hbond substituents is 1. The highest BCUT2D eigenvalue weighted by molar-refractivity contribution is 5.78. The molecule has 0 heterocycles. The van der Waals surface area contributed by atoms with Crippen LogP contribution in [0.25, 0.3) is 0 Å². The maximum absolute atomic E-state index is 12.2. The van der Waals surface area contributed by atoms with Crippen LogP contribution in [-0.4, -0.2) is 17.7 Å². The first kappa shape index (κ1) is 19.3. The van der Waals surface area contributed by atoms with E-state index >= 15 is 0 Å². The summed E-state index contributed by atoms with van der Waals surface area (Å²) in [4.78, 5) is 12.2. The van der Waals surface area contributed by atoms with E-state index in [0.29, 0.717) is 5.75 Å². The quantitative estimate of drug-likeness (QED) is 0.639. The van der Waals surface area contributed by atoms with Crippen molar-refractivity contribution in [1.29, 1.82) is 0 Å². The van der Waals surface area contributed by atoms with Crippen molar-refractivity contribution in [3.8, 4) is 5.75 Å². The van der Waals surface area contributed by atoms with Crippen LogP contribution >= 0.6 is 0 Å². The summed E-state index contributed by atoms with van der Waals surface area (Å²) in [6.45, 7) is 17.9. The van der Waals surface area contributed by atoms with Crippen LogP contribution in [-0.2, 0) is 20.4 Å². The highest BCUT2D eigenvalue weighted by Gasteiger charge is 2.29. The fraction of sp³-hybridized carbons (Fsp3) is 0.550. The van der Waals surface area contributed by atoms with Gasteiger partial charge in [-0.15, -0.1) is 0 Å². The summed E-state index contributed by atoms with van der Waals surface area (Å²) >= 11 is 0. The Bertz CT molecular complexity index is 551. The molecule has 1 unspecified atom stereocenters. The van der Waals surface area contributed by atoms with Gasteiger partial charge in [-0.1, -0.05) is 66.3 Å². The number of hydrogen-bond acceptors (Lipinski definition) is 3. The van der Waals surface area contributed by atoms with Crippen molar-refractivity contribution >= 4 is 5.97 Å². The molecular weight excluding hydrogens is 288 g/mol. The number of phenols is 1. The third kappa shape index (κ3) is 4.60. The third-order valence-corrected chi connectivity index (χ3v) is 3.95. The van der Waals surface area contributed by atoms with Gasteiger partial charge in [-0.05, 0) is 34.4 Å². The third-order valence-electron chi connectivity index (χ3n) is 3.95. The predicted octanol–water partition coefficient (Wildman–Crippen LogP) is 4.82. The van der Waals surface area contributed by atoms with Gasteiger partial charge in [0, 0.05) is 0 Å². The molecule has 1 aromatic carbocycles. The zero-order chi connectivity index (χ0) is 18.0. The van der Waals surface area contributed by atoms with Crippen LogP contribution in [0.5, 0.6) is 5.75 Å². The van der Waals surface area contributed by atoms with Crippen molar-refractivity contribution in [1.82, 2.24) is 0 Å². The fourth-order valence-corrected chi connectivity index (χ4v) is 2.45. The second kappa shape index (κ2) is 6.77. The Morgan fingerprint density at radius 1 is 1.17 bits per heavy atom. The van der Waals surface area contributed by atoms with Crippen molar-refractivity contribution in [2.45, 2.75) is 65.2 Å². The van der Waals surface area contributed by atoms with Gasteiger partial charge in [0.25, 0.3) is 0 Å². The summed E-state index contributed by atoms with van der Waals surface area (Å²) in [6.07, 6.45) is 1.56. The van der Waals surface area contributed by atoms with Crippen LogP contribution in [0.4, 0.5) is 0 Å². The lowest BCUT2D eigenvalue weighted by Gasteiger charge is -2.29. The van der Waals surface area contributed by atoms with E-state index < -0.39 is 5.92 Å². The van der Waals surface area contributed by atoms with Gasteiger partial charge in [-0.3, -0.25) is 4.79 Å². The molecule has 0 bridgehead atoms. The zero-order valence-corrected chi connectivity index (χ0v) is 15.5. The van der Waals surface area contributed by atoms with Crippen LogP contribution in [0.2, 0.25) is 0 Å². The van der Waals surface area contributed by atoms with E-state index in [0.717, 1.165) is 16.7 Å². The van der Waals surface area contributed by atoms with Gasteiger partial charge in [-0.25, -0.2) is 0 Å². The predicted molar refractivity (Wildman–Crippen MR) is 95.1 cm³/mol. The Balaban J connectivity index is 3.44. The van der Waals surface area contributed by atoms with E-state index in [1.807, 2.05) is 19.1 Å². The van der Waals surface area contributed by atoms with Crippen LogP contribution in [0.1, 0.15) is 71.1 Å². The molecule has 0 spiro atoms. The monoisotopic (exact) mass is 318 g/mol. The highest BCUT2D eigenvalue weighted by atomic mass is 16.5. The molecule has 128 valence electrons. The van der Waals surface area contributed by atoms with Gasteiger partial charge in [0.05, 0.1) is 5.92 Å². The molecule has 0 aromatic heterocycles. The summed E-state index contributed by atoms with van der Waals surface area (Å²) in [7, 11) is 0. The van der Waals surface area contributed by atoms with Crippen molar-refractivity contribution in [3.63, 3.8) is 0 Å². The second-order valence-electron chi connectivity index (χ2n) is 8.11. The minimum Gasteiger partial charge on any atom is -0.507 e. The average molecular weight is 318 g/mol. The summed E-state index contributed by atoms with van der Waals surface area (Å²) in [6, 6.07) is 3.84. The summed E-state index contributed by atoms with van der Waals surface area (Å²) in [5.74, 6) is -0.353. The number of rotatable bonds is 4. The molecule has 0 saturated heterocycles. The van der Waals surface area contributed by atoms with Crippen LogP contribution in [0.15, 0.2) is 24.8 Å². The van der Waals surface area contributed by atoms with Gasteiger partial charge >= 0.3 is 5.97 Å². The molecule has 23 heavy (non-hydrogen) atoms. The number of esters is 1. The standard InChI is InChI=1S/C20H30O3/c1-9-10-23-18(22)13(2)14-11-15(19(3,4)5)17(21)16(12-14)20(6,7)8/h9,11-13,21H,1,10H2,2-8H3. The lowest BCUT2D eigenvalue weighted by Crippen LogP contribution is -2.20.